The van der Waals surface area contributed by atoms with E-state index in [2.05, 4.69) is 25.9 Å². The van der Waals surface area contributed by atoms with E-state index in [1.165, 1.54) is 6.42 Å². The lowest BCUT2D eigenvalue weighted by molar-refractivity contribution is -0.916. The SMILES string of the molecule is CC1CCC2C(N)C(OCC[N+]3(C)CCOCC3)=NN2C1C. The molecule has 6 nitrogen and oxygen atoms in total. The van der Waals surface area contributed by atoms with Gasteiger partial charge in [0.25, 0.3) is 0 Å². The number of hydrazone groups is 1. The van der Waals surface area contributed by atoms with E-state index < -0.39 is 0 Å². The number of ether oxygens (including phenoxy) is 2. The minimum absolute atomic E-state index is 0.0649. The van der Waals surface area contributed by atoms with Crippen molar-refractivity contribution >= 4 is 5.90 Å². The van der Waals surface area contributed by atoms with E-state index in [9.17, 15) is 0 Å². The maximum Gasteiger partial charge on any atom is 0.225 e. The molecule has 0 spiro atoms. The third-order valence-electron chi connectivity index (χ3n) is 5.84. The smallest absolute Gasteiger partial charge is 0.225 e. The first-order valence-corrected chi connectivity index (χ1v) is 8.67. The van der Waals surface area contributed by atoms with Crippen LogP contribution in [0.25, 0.3) is 0 Å². The summed E-state index contributed by atoms with van der Waals surface area (Å²) in [7, 11) is 2.27. The number of hydrogen-bond acceptors (Lipinski definition) is 5. The van der Waals surface area contributed by atoms with Crippen LogP contribution in [0.15, 0.2) is 5.10 Å². The first kappa shape index (κ1) is 16.0. The molecule has 2 saturated heterocycles. The second-order valence-electron chi connectivity index (χ2n) is 7.46. The summed E-state index contributed by atoms with van der Waals surface area (Å²) in [5.74, 6) is 1.41. The maximum absolute atomic E-state index is 6.37. The van der Waals surface area contributed by atoms with Crippen molar-refractivity contribution in [1.29, 1.82) is 0 Å². The van der Waals surface area contributed by atoms with E-state index in [0.717, 1.165) is 49.6 Å². The molecule has 126 valence electrons. The van der Waals surface area contributed by atoms with Gasteiger partial charge in [0, 0.05) is 6.04 Å². The highest BCUT2D eigenvalue weighted by molar-refractivity contribution is 5.84. The van der Waals surface area contributed by atoms with Crippen molar-refractivity contribution in [1.82, 2.24) is 5.01 Å². The van der Waals surface area contributed by atoms with Crippen LogP contribution in [0.1, 0.15) is 26.7 Å². The lowest BCUT2D eigenvalue weighted by atomic mass is 9.87. The van der Waals surface area contributed by atoms with Crippen LogP contribution in [0.5, 0.6) is 0 Å². The molecule has 0 aromatic carbocycles. The minimum atomic E-state index is -0.0649. The fourth-order valence-electron chi connectivity index (χ4n) is 3.73. The zero-order valence-electron chi connectivity index (χ0n) is 14.2. The molecule has 0 bridgehead atoms. The molecular weight excluding hydrogens is 280 g/mol. The normalized spacial score (nSPS) is 37.6. The van der Waals surface area contributed by atoms with Gasteiger partial charge >= 0.3 is 0 Å². The van der Waals surface area contributed by atoms with Crippen molar-refractivity contribution in [2.75, 3.05) is 46.5 Å². The van der Waals surface area contributed by atoms with Gasteiger partial charge in [-0.15, -0.1) is 5.10 Å². The Kier molecular flexibility index (Phi) is 4.61. The van der Waals surface area contributed by atoms with E-state index >= 15 is 0 Å². The number of nitrogens with two attached hydrogens (primary N) is 1. The van der Waals surface area contributed by atoms with Crippen molar-refractivity contribution in [3.05, 3.63) is 0 Å². The molecule has 6 heteroatoms. The molecule has 22 heavy (non-hydrogen) atoms. The fraction of sp³-hybridized carbons (Fsp3) is 0.938. The number of piperidine rings is 1. The van der Waals surface area contributed by atoms with Gasteiger partial charge in [-0.05, 0) is 25.7 Å². The summed E-state index contributed by atoms with van der Waals surface area (Å²) in [5, 5.41) is 6.89. The number of fused-ring (bicyclic) bond motifs is 1. The Bertz CT molecular complexity index is 422. The predicted octanol–water partition coefficient (Wildman–Crippen LogP) is 0.623. The van der Waals surface area contributed by atoms with Crippen LogP contribution in [0.4, 0.5) is 0 Å². The van der Waals surface area contributed by atoms with Crippen LogP contribution in [0.2, 0.25) is 0 Å². The van der Waals surface area contributed by atoms with Crippen LogP contribution in [0.3, 0.4) is 0 Å². The Hall–Kier alpha value is -0.850. The zero-order valence-corrected chi connectivity index (χ0v) is 14.2. The Balaban J connectivity index is 1.54. The number of nitrogens with zero attached hydrogens (tertiary/aromatic N) is 3. The van der Waals surface area contributed by atoms with Crippen molar-refractivity contribution in [3.63, 3.8) is 0 Å². The van der Waals surface area contributed by atoms with E-state index in [-0.39, 0.29) is 6.04 Å². The summed E-state index contributed by atoms with van der Waals surface area (Å²) in [6, 6.07) is 0.717. The van der Waals surface area contributed by atoms with Crippen molar-refractivity contribution < 1.29 is 14.0 Å². The van der Waals surface area contributed by atoms with Gasteiger partial charge in [-0.2, -0.15) is 0 Å². The molecule has 3 rings (SSSR count). The van der Waals surface area contributed by atoms with Gasteiger partial charge in [0.05, 0.1) is 26.3 Å². The first-order chi connectivity index (χ1) is 10.5. The lowest BCUT2D eigenvalue weighted by Crippen LogP contribution is -2.54. The maximum atomic E-state index is 6.37. The molecule has 2 fully saturated rings. The van der Waals surface area contributed by atoms with Gasteiger partial charge in [0.15, 0.2) is 0 Å². The van der Waals surface area contributed by atoms with Gasteiger partial charge in [0.1, 0.15) is 32.3 Å². The summed E-state index contributed by atoms with van der Waals surface area (Å²) in [6.07, 6.45) is 2.35. The molecule has 0 aliphatic carbocycles. The Labute approximate surface area is 133 Å². The number of hydrogen-bond donors (Lipinski definition) is 1. The fourth-order valence-corrected chi connectivity index (χ4v) is 3.73. The molecule has 4 unspecified atom stereocenters. The molecule has 3 aliphatic heterocycles. The van der Waals surface area contributed by atoms with Gasteiger partial charge in [-0.1, -0.05) is 6.92 Å². The molecule has 2 N–H and O–H groups in total. The number of quaternary nitrogens is 1. The van der Waals surface area contributed by atoms with Crippen molar-refractivity contribution in [2.45, 2.75) is 44.8 Å². The van der Waals surface area contributed by atoms with E-state index in [1.54, 1.807) is 0 Å². The first-order valence-electron chi connectivity index (χ1n) is 8.67. The highest BCUT2D eigenvalue weighted by Crippen LogP contribution is 2.33. The average molecular weight is 311 g/mol. The van der Waals surface area contributed by atoms with Gasteiger partial charge in [0.2, 0.25) is 5.90 Å². The van der Waals surface area contributed by atoms with Crippen molar-refractivity contribution in [2.24, 2.45) is 16.8 Å². The number of morpholine rings is 1. The van der Waals surface area contributed by atoms with E-state index in [4.69, 9.17) is 20.3 Å². The highest BCUT2D eigenvalue weighted by Gasteiger charge is 2.42. The molecule has 0 amide bonds. The summed E-state index contributed by atoms with van der Waals surface area (Å²) in [5.41, 5.74) is 6.37. The van der Waals surface area contributed by atoms with Gasteiger partial charge in [-0.25, -0.2) is 0 Å². The summed E-state index contributed by atoms with van der Waals surface area (Å²) in [4.78, 5) is 0. The quantitative estimate of drug-likeness (QED) is 0.777. The minimum Gasteiger partial charge on any atom is -0.473 e. The zero-order chi connectivity index (χ0) is 15.7. The third-order valence-corrected chi connectivity index (χ3v) is 5.84. The van der Waals surface area contributed by atoms with Crippen LogP contribution in [0, 0.1) is 5.92 Å². The summed E-state index contributed by atoms with van der Waals surface area (Å²) < 4.78 is 12.4. The summed E-state index contributed by atoms with van der Waals surface area (Å²) in [6.45, 7) is 10.0. The molecule has 0 aromatic heterocycles. The lowest BCUT2D eigenvalue weighted by Gasteiger charge is -2.39. The molecule has 3 heterocycles. The Morgan fingerprint density at radius 2 is 2.05 bits per heavy atom. The second-order valence-corrected chi connectivity index (χ2v) is 7.46. The van der Waals surface area contributed by atoms with Crippen molar-refractivity contribution in [3.8, 4) is 0 Å². The molecule has 0 radical (unpaired) electrons. The monoisotopic (exact) mass is 311 g/mol. The third kappa shape index (κ3) is 3.09. The summed E-state index contributed by atoms with van der Waals surface area (Å²) >= 11 is 0. The van der Waals surface area contributed by atoms with Gasteiger partial charge < -0.3 is 19.7 Å². The Morgan fingerprint density at radius 3 is 2.77 bits per heavy atom. The number of rotatable bonds is 3. The standard InChI is InChI=1S/C16H31N4O2/c1-12-4-5-14-15(17)16(18-19(14)13(12)2)22-11-8-20(3)6-9-21-10-7-20/h12-15H,4-11,17H2,1-3H3/q+1. The predicted molar refractivity (Wildman–Crippen MR) is 86.5 cm³/mol. The average Bonchev–Trinajstić information content (AvgIpc) is 2.81. The molecular formula is C16H31N4O2+. The second kappa shape index (κ2) is 6.34. The largest absolute Gasteiger partial charge is 0.473 e. The highest BCUT2D eigenvalue weighted by atomic mass is 16.5. The van der Waals surface area contributed by atoms with Crippen LogP contribution in [-0.4, -0.2) is 80.0 Å². The van der Waals surface area contributed by atoms with Crippen LogP contribution in [-0.2, 0) is 9.47 Å². The molecule has 3 aliphatic rings. The van der Waals surface area contributed by atoms with E-state index in [1.807, 2.05) is 0 Å². The Morgan fingerprint density at radius 1 is 1.32 bits per heavy atom. The molecule has 0 saturated carbocycles. The van der Waals surface area contributed by atoms with E-state index in [0.29, 0.717) is 24.6 Å². The topological polar surface area (TPSA) is 60.1 Å². The van der Waals surface area contributed by atoms with Gasteiger partial charge in [-0.3, -0.25) is 5.01 Å². The van der Waals surface area contributed by atoms with Crippen LogP contribution < -0.4 is 5.73 Å². The molecule has 4 atom stereocenters. The molecule has 0 aromatic rings. The van der Waals surface area contributed by atoms with Crippen LogP contribution >= 0.6 is 0 Å². The number of likely N-dealkylation sites (N-methyl/N-ethyl adjacent to an activating group) is 1.